The van der Waals surface area contributed by atoms with E-state index in [9.17, 15) is 13.5 Å². The van der Waals surface area contributed by atoms with Crippen LogP contribution in [-0.2, 0) is 22.8 Å². The summed E-state index contributed by atoms with van der Waals surface area (Å²) < 4.78 is 25.4. The lowest BCUT2D eigenvalue weighted by atomic mass is 10.0. The van der Waals surface area contributed by atoms with E-state index in [1.165, 1.54) is 0 Å². The molecule has 1 fully saturated rings. The molecule has 1 aromatic heterocycles. The highest BCUT2D eigenvalue weighted by molar-refractivity contribution is 7.91. The molecule has 0 radical (unpaired) electrons. The summed E-state index contributed by atoms with van der Waals surface area (Å²) in [6.07, 6.45) is 2.44. The molecule has 1 saturated heterocycles. The van der Waals surface area contributed by atoms with E-state index < -0.39 is 9.84 Å². The van der Waals surface area contributed by atoms with Crippen LogP contribution in [0.3, 0.4) is 0 Å². The van der Waals surface area contributed by atoms with Crippen LogP contribution in [-0.4, -0.2) is 45.9 Å². The molecule has 100 valence electrons. The fraction of sp³-hybridized carbons (Fsp3) is 0.818. The maximum atomic E-state index is 11.7. The zero-order chi connectivity index (χ0) is 12.8. The van der Waals surface area contributed by atoms with E-state index in [4.69, 9.17) is 0 Å². The van der Waals surface area contributed by atoms with Gasteiger partial charge < -0.3 is 9.67 Å². The monoisotopic (exact) mass is 271 g/mol. The van der Waals surface area contributed by atoms with E-state index >= 15 is 0 Å². The molecular weight excluding hydrogens is 254 g/mol. The van der Waals surface area contributed by atoms with Crippen LogP contribution in [0.15, 0.2) is 0 Å². The zero-order valence-electron chi connectivity index (χ0n) is 10.1. The van der Waals surface area contributed by atoms with Crippen molar-refractivity contribution >= 4 is 9.84 Å². The third-order valence-electron chi connectivity index (χ3n) is 3.79. The van der Waals surface area contributed by atoms with Crippen LogP contribution in [0.25, 0.3) is 0 Å². The van der Waals surface area contributed by atoms with E-state index in [2.05, 4.69) is 10.2 Å². The molecule has 0 aliphatic carbocycles. The van der Waals surface area contributed by atoms with Gasteiger partial charge in [0, 0.05) is 18.9 Å². The largest absolute Gasteiger partial charge is 0.393 e. The van der Waals surface area contributed by atoms with Crippen molar-refractivity contribution in [2.75, 3.05) is 11.5 Å². The zero-order valence-corrected chi connectivity index (χ0v) is 10.9. The maximum Gasteiger partial charge on any atom is 0.151 e. The Hall–Kier alpha value is -0.950. The lowest BCUT2D eigenvalue weighted by molar-refractivity contribution is 0.140. The van der Waals surface area contributed by atoms with Crippen molar-refractivity contribution in [2.45, 2.75) is 44.2 Å². The number of fused-ring (bicyclic) bond motifs is 1. The molecule has 0 bridgehead atoms. The van der Waals surface area contributed by atoms with E-state index in [1.807, 2.05) is 4.57 Å². The van der Waals surface area contributed by atoms with Crippen LogP contribution in [0.4, 0.5) is 0 Å². The first-order valence-corrected chi connectivity index (χ1v) is 8.18. The van der Waals surface area contributed by atoms with Crippen LogP contribution in [0, 0.1) is 0 Å². The molecule has 0 amide bonds. The van der Waals surface area contributed by atoms with Gasteiger partial charge in [0.05, 0.1) is 17.6 Å². The summed E-state index contributed by atoms with van der Waals surface area (Å²) in [7, 11) is -2.93. The Morgan fingerprint density at radius 3 is 2.89 bits per heavy atom. The number of aliphatic hydroxyl groups excluding tert-OH is 1. The fourth-order valence-corrected chi connectivity index (χ4v) is 4.57. The van der Waals surface area contributed by atoms with Crippen molar-refractivity contribution in [3.8, 4) is 0 Å². The summed E-state index contributed by atoms with van der Waals surface area (Å²) >= 11 is 0. The summed E-state index contributed by atoms with van der Waals surface area (Å²) in [5, 5.41) is 17.8. The Balaban J connectivity index is 1.89. The van der Waals surface area contributed by atoms with E-state index in [-0.39, 0.29) is 17.8 Å². The van der Waals surface area contributed by atoms with Crippen LogP contribution < -0.4 is 0 Å². The van der Waals surface area contributed by atoms with Crippen LogP contribution >= 0.6 is 0 Å². The van der Waals surface area contributed by atoms with Crippen molar-refractivity contribution in [3.05, 3.63) is 11.6 Å². The summed E-state index contributed by atoms with van der Waals surface area (Å²) in [6, 6.07) is 0. The highest BCUT2D eigenvalue weighted by Gasteiger charge is 2.31. The van der Waals surface area contributed by atoms with Gasteiger partial charge >= 0.3 is 0 Å². The van der Waals surface area contributed by atoms with E-state index in [0.717, 1.165) is 18.1 Å². The Morgan fingerprint density at radius 1 is 1.28 bits per heavy atom. The molecule has 0 spiro atoms. The highest BCUT2D eigenvalue weighted by Crippen LogP contribution is 2.29. The Bertz CT molecular complexity index is 552. The molecule has 2 atom stereocenters. The minimum atomic E-state index is -2.93. The summed E-state index contributed by atoms with van der Waals surface area (Å²) in [6.45, 7) is 0.690. The average Bonchev–Trinajstić information content (AvgIpc) is 2.70. The molecule has 1 N–H and O–H groups in total. The second-order valence-corrected chi connectivity index (χ2v) is 7.45. The normalized spacial score (nSPS) is 30.9. The van der Waals surface area contributed by atoms with Crippen molar-refractivity contribution in [2.24, 2.45) is 0 Å². The number of aliphatic hydroxyl groups is 1. The first-order chi connectivity index (χ1) is 8.55. The van der Waals surface area contributed by atoms with Gasteiger partial charge in [0.25, 0.3) is 0 Å². The number of rotatable bonds is 1. The molecule has 2 aliphatic heterocycles. The Labute approximate surface area is 106 Å². The van der Waals surface area contributed by atoms with Gasteiger partial charge in [0.2, 0.25) is 0 Å². The molecule has 2 aliphatic rings. The molecule has 7 heteroatoms. The first kappa shape index (κ1) is 12.1. The quantitative estimate of drug-likeness (QED) is 0.769. The molecule has 6 nitrogen and oxygen atoms in total. The maximum absolute atomic E-state index is 11.7. The predicted octanol–water partition coefficient (Wildman–Crippen LogP) is -0.123. The smallest absolute Gasteiger partial charge is 0.151 e. The van der Waals surface area contributed by atoms with Crippen LogP contribution in [0.1, 0.15) is 36.8 Å². The number of hydrogen-bond donors (Lipinski definition) is 1. The SMILES string of the molecule is O=S1(=O)CCCC(c2nnc3n2CCC(O)C3)C1. The van der Waals surface area contributed by atoms with Crippen molar-refractivity contribution in [3.63, 3.8) is 0 Å². The fourth-order valence-electron chi connectivity index (χ4n) is 2.86. The van der Waals surface area contributed by atoms with Gasteiger partial charge in [-0.2, -0.15) is 0 Å². The molecule has 2 unspecified atom stereocenters. The van der Waals surface area contributed by atoms with Crippen LogP contribution in [0.2, 0.25) is 0 Å². The number of aromatic nitrogens is 3. The van der Waals surface area contributed by atoms with Gasteiger partial charge in [0.15, 0.2) is 9.84 Å². The topological polar surface area (TPSA) is 85.1 Å². The van der Waals surface area contributed by atoms with Gasteiger partial charge in [-0.15, -0.1) is 10.2 Å². The summed E-state index contributed by atoms with van der Waals surface area (Å²) in [5.41, 5.74) is 0. The third-order valence-corrected chi connectivity index (χ3v) is 5.61. The second-order valence-electron chi connectivity index (χ2n) is 5.23. The Kier molecular flexibility index (Phi) is 2.90. The molecule has 3 rings (SSSR count). The molecular formula is C11H17N3O3S. The summed E-state index contributed by atoms with van der Waals surface area (Å²) in [5.74, 6) is 2.03. The van der Waals surface area contributed by atoms with Crippen molar-refractivity contribution < 1.29 is 13.5 Å². The predicted molar refractivity (Wildman–Crippen MR) is 65.0 cm³/mol. The van der Waals surface area contributed by atoms with E-state index in [1.54, 1.807) is 0 Å². The molecule has 1 aromatic rings. The number of hydrogen-bond acceptors (Lipinski definition) is 5. The minimum absolute atomic E-state index is 0.0276. The Morgan fingerprint density at radius 2 is 2.11 bits per heavy atom. The molecule has 0 aromatic carbocycles. The lowest BCUT2D eigenvalue weighted by Crippen LogP contribution is -2.29. The second kappa shape index (κ2) is 4.31. The standard InChI is InChI=1S/C11H17N3O3S/c15-9-3-4-14-10(6-9)12-13-11(14)8-2-1-5-18(16,17)7-8/h8-9,15H,1-7H2. The number of nitrogens with zero attached hydrogens (tertiary/aromatic N) is 3. The third kappa shape index (κ3) is 2.16. The van der Waals surface area contributed by atoms with Gasteiger partial charge in [-0.3, -0.25) is 0 Å². The number of sulfone groups is 1. The summed E-state index contributed by atoms with van der Waals surface area (Å²) in [4.78, 5) is 0. The van der Waals surface area contributed by atoms with Crippen molar-refractivity contribution in [1.82, 2.24) is 14.8 Å². The van der Waals surface area contributed by atoms with Gasteiger partial charge in [0.1, 0.15) is 11.6 Å². The lowest BCUT2D eigenvalue weighted by Gasteiger charge is -2.24. The molecule has 3 heterocycles. The highest BCUT2D eigenvalue weighted by atomic mass is 32.2. The average molecular weight is 271 g/mol. The van der Waals surface area contributed by atoms with Gasteiger partial charge in [-0.1, -0.05) is 0 Å². The van der Waals surface area contributed by atoms with Crippen LogP contribution in [0.5, 0.6) is 0 Å². The van der Waals surface area contributed by atoms with Gasteiger partial charge in [-0.25, -0.2) is 8.42 Å². The van der Waals surface area contributed by atoms with Gasteiger partial charge in [-0.05, 0) is 19.3 Å². The van der Waals surface area contributed by atoms with Crippen molar-refractivity contribution in [1.29, 1.82) is 0 Å². The van der Waals surface area contributed by atoms with E-state index in [0.29, 0.717) is 31.6 Å². The first-order valence-electron chi connectivity index (χ1n) is 6.35. The molecule has 0 saturated carbocycles. The molecule has 18 heavy (non-hydrogen) atoms. The minimum Gasteiger partial charge on any atom is -0.393 e.